The van der Waals surface area contributed by atoms with Crippen molar-refractivity contribution in [3.8, 4) is 5.75 Å². The first-order chi connectivity index (χ1) is 8.28. The number of hydrogen-bond acceptors (Lipinski definition) is 1. The first kappa shape index (κ1) is 12.7. The molecule has 0 aliphatic rings. The third kappa shape index (κ3) is 3.89. The maximum atomic E-state index is 5.78. The Morgan fingerprint density at radius 3 is 2.47 bits per heavy atom. The maximum absolute atomic E-state index is 5.78. The highest BCUT2D eigenvalue weighted by Crippen LogP contribution is 2.16. The van der Waals surface area contributed by atoms with Gasteiger partial charge in [-0.1, -0.05) is 24.3 Å². The van der Waals surface area contributed by atoms with Crippen LogP contribution in [0.1, 0.15) is 11.1 Å². The molecule has 0 amide bonds. The first-order valence-electron chi connectivity index (χ1n) is 5.30. The third-order valence-corrected chi connectivity index (χ3v) is 3.40. The molecule has 88 valence electrons. The van der Waals surface area contributed by atoms with Crippen molar-refractivity contribution in [1.29, 1.82) is 0 Å². The van der Waals surface area contributed by atoms with Gasteiger partial charge in [-0.3, -0.25) is 0 Å². The molecule has 3 heteroatoms. The second-order valence-electron chi connectivity index (χ2n) is 3.70. The van der Waals surface area contributed by atoms with E-state index >= 15 is 0 Å². The minimum Gasteiger partial charge on any atom is -0.489 e. The number of ether oxygens (including phenoxy) is 1. The van der Waals surface area contributed by atoms with E-state index in [1.165, 1.54) is 9.13 Å². The van der Waals surface area contributed by atoms with Crippen LogP contribution in [0.4, 0.5) is 0 Å². The molecule has 2 aromatic carbocycles. The summed E-state index contributed by atoms with van der Waals surface area (Å²) in [5.41, 5.74) is 2.24. The molecular formula is C14H12ClIO. The van der Waals surface area contributed by atoms with Crippen LogP contribution in [0.25, 0.3) is 0 Å². The molecule has 0 saturated heterocycles. The van der Waals surface area contributed by atoms with Crippen LogP contribution >= 0.6 is 34.2 Å². The largest absolute Gasteiger partial charge is 0.489 e. The van der Waals surface area contributed by atoms with Crippen LogP contribution < -0.4 is 4.74 Å². The monoisotopic (exact) mass is 358 g/mol. The fourth-order valence-corrected chi connectivity index (χ4v) is 1.99. The highest BCUT2D eigenvalue weighted by atomic mass is 127. The molecule has 0 radical (unpaired) electrons. The zero-order chi connectivity index (χ0) is 12.1. The molecule has 0 fully saturated rings. The van der Waals surface area contributed by atoms with E-state index in [4.69, 9.17) is 16.3 Å². The fraction of sp³-hybridized carbons (Fsp3) is 0.143. The summed E-state index contributed by atoms with van der Waals surface area (Å²) >= 11 is 8.07. The van der Waals surface area contributed by atoms with Crippen molar-refractivity contribution in [2.75, 3.05) is 0 Å². The van der Waals surface area contributed by atoms with Crippen LogP contribution in [0.15, 0.2) is 48.5 Å². The van der Waals surface area contributed by atoms with Crippen LogP contribution in [-0.2, 0) is 12.5 Å². The number of benzene rings is 2. The molecule has 17 heavy (non-hydrogen) atoms. The molecule has 2 rings (SSSR count). The second kappa shape index (κ2) is 6.26. The Morgan fingerprint density at radius 2 is 1.76 bits per heavy atom. The van der Waals surface area contributed by atoms with E-state index < -0.39 is 0 Å². The van der Waals surface area contributed by atoms with E-state index in [-0.39, 0.29) is 0 Å². The van der Waals surface area contributed by atoms with Crippen molar-refractivity contribution in [1.82, 2.24) is 0 Å². The Balaban J connectivity index is 1.99. The Morgan fingerprint density at radius 1 is 1.00 bits per heavy atom. The van der Waals surface area contributed by atoms with E-state index in [0.717, 1.165) is 11.3 Å². The third-order valence-electron chi connectivity index (χ3n) is 2.37. The average molecular weight is 359 g/mol. The number of hydrogen-bond donors (Lipinski definition) is 0. The van der Waals surface area contributed by atoms with Crippen molar-refractivity contribution in [2.24, 2.45) is 0 Å². The smallest absolute Gasteiger partial charge is 0.120 e. The van der Waals surface area contributed by atoms with E-state index in [9.17, 15) is 0 Å². The Hall–Kier alpha value is -0.740. The average Bonchev–Trinajstić information content (AvgIpc) is 2.38. The van der Waals surface area contributed by atoms with Gasteiger partial charge in [0.1, 0.15) is 12.4 Å². The van der Waals surface area contributed by atoms with Gasteiger partial charge in [0.2, 0.25) is 0 Å². The molecular weight excluding hydrogens is 347 g/mol. The summed E-state index contributed by atoms with van der Waals surface area (Å²) in [6.45, 7) is 0.586. The van der Waals surface area contributed by atoms with Crippen molar-refractivity contribution >= 4 is 34.2 Å². The van der Waals surface area contributed by atoms with Gasteiger partial charge in [0.05, 0.1) is 0 Å². The molecule has 1 nitrogen and oxygen atoms in total. The normalized spacial score (nSPS) is 10.2. The molecule has 0 unspecified atom stereocenters. The number of halogens is 2. The minimum absolute atomic E-state index is 0.515. The number of rotatable bonds is 4. The van der Waals surface area contributed by atoms with Crippen molar-refractivity contribution < 1.29 is 4.74 Å². The van der Waals surface area contributed by atoms with Gasteiger partial charge in [-0.15, -0.1) is 11.6 Å². The zero-order valence-electron chi connectivity index (χ0n) is 9.20. The molecule has 2 aromatic rings. The van der Waals surface area contributed by atoms with Gasteiger partial charge in [-0.25, -0.2) is 0 Å². The summed E-state index contributed by atoms with van der Waals surface area (Å²) in [6, 6.07) is 16.2. The topological polar surface area (TPSA) is 9.23 Å². The first-order valence-corrected chi connectivity index (χ1v) is 6.91. The minimum atomic E-state index is 0.515. The lowest BCUT2D eigenvalue weighted by Gasteiger charge is -2.07. The molecule has 0 aliphatic heterocycles. The van der Waals surface area contributed by atoms with Crippen molar-refractivity contribution in [2.45, 2.75) is 12.5 Å². The van der Waals surface area contributed by atoms with Crippen molar-refractivity contribution in [3.05, 3.63) is 63.2 Å². The van der Waals surface area contributed by atoms with Gasteiger partial charge in [-0.2, -0.15) is 0 Å². The summed E-state index contributed by atoms with van der Waals surface area (Å²) < 4.78 is 6.95. The van der Waals surface area contributed by atoms with E-state index in [2.05, 4.69) is 46.9 Å². The Bertz CT molecular complexity index is 482. The molecule has 0 bridgehead atoms. The van der Waals surface area contributed by atoms with Crippen molar-refractivity contribution in [3.63, 3.8) is 0 Å². The Labute approximate surface area is 120 Å². The second-order valence-corrected chi connectivity index (χ2v) is 5.21. The fourth-order valence-electron chi connectivity index (χ4n) is 1.47. The van der Waals surface area contributed by atoms with E-state index in [1.807, 2.05) is 24.3 Å². The van der Waals surface area contributed by atoms with E-state index in [0.29, 0.717) is 12.5 Å². The lowest BCUT2D eigenvalue weighted by Crippen LogP contribution is -1.95. The predicted molar refractivity (Wildman–Crippen MR) is 79.5 cm³/mol. The summed E-state index contributed by atoms with van der Waals surface area (Å²) in [5, 5.41) is 0. The summed E-state index contributed by atoms with van der Waals surface area (Å²) in [5.74, 6) is 1.38. The summed E-state index contributed by atoms with van der Waals surface area (Å²) in [7, 11) is 0. The van der Waals surface area contributed by atoms with Gasteiger partial charge in [0, 0.05) is 9.45 Å². The summed E-state index contributed by atoms with van der Waals surface area (Å²) in [6.07, 6.45) is 0. The quantitative estimate of drug-likeness (QED) is 0.573. The van der Waals surface area contributed by atoms with Crippen LogP contribution in [0, 0.1) is 3.57 Å². The summed E-state index contributed by atoms with van der Waals surface area (Å²) in [4.78, 5) is 0. The van der Waals surface area contributed by atoms with Gasteiger partial charge in [0.15, 0.2) is 0 Å². The van der Waals surface area contributed by atoms with Crippen LogP contribution in [-0.4, -0.2) is 0 Å². The van der Waals surface area contributed by atoms with Crippen LogP contribution in [0.5, 0.6) is 5.75 Å². The van der Waals surface area contributed by atoms with Gasteiger partial charge < -0.3 is 4.74 Å². The molecule has 0 heterocycles. The molecule has 0 aromatic heterocycles. The van der Waals surface area contributed by atoms with Gasteiger partial charge >= 0.3 is 0 Å². The van der Waals surface area contributed by atoms with Gasteiger partial charge in [0.25, 0.3) is 0 Å². The lowest BCUT2D eigenvalue weighted by molar-refractivity contribution is 0.306. The number of alkyl halides is 1. The highest BCUT2D eigenvalue weighted by molar-refractivity contribution is 14.1. The molecule has 0 atom stereocenters. The molecule has 0 saturated carbocycles. The van der Waals surface area contributed by atoms with Crippen LogP contribution in [0.3, 0.4) is 0 Å². The molecule has 0 spiro atoms. The Kier molecular flexibility index (Phi) is 4.68. The molecule has 0 N–H and O–H groups in total. The predicted octanol–water partition coefficient (Wildman–Crippen LogP) is 4.61. The van der Waals surface area contributed by atoms with E-state index in [1.54, 1.807) is 0 Å². The lowest BCUT2D eigenvalue weighted by atomic mass is 10.2. The maximum Gasteiger partial charge on any atom is 0.120 e. The SMILES string of the molecule is ClCc1cccc(OCc2ccc(I)cc2)c1. The zero-order valence-corrected chi connectivity index (χ0v) is 12.1. The van der Waals surface area contributed by atoms with Crippen LogP contribution in [0.2, 0.25) is 0 Å². The van der Waals surface area contributed by atoms with Gasteiger partial charge in [-0.05, 0) is 58.0 Å². The standard InChI is InChI=1S/C14H12ClIO/c15-9-12-2-1-3-14(8-12)17-10-11-4-6-13(16)7-5-11/h1-8H,9-10H2. The highest BCUT2D eigenvalue weighted by Gasteiger charge is 1.97. The molecule has 0 aliphatic carbocycles.